The van der Waals surface area contributed by atoms with Gasteiger partial charge in [-0.1, -0.05) is 0 Å². The van der Waals surface area contributed by atoms with Gasteiger partial charge in [-0.3, -0.25) is 0 Å². The molecule has 3 atom stereocenters. The van der Waals surface area contributed by atoms with Gasteiger partial charge in [-0.2, -0.15) is 0 Å². The van der Waals surface area contributed by atoms with Crippen LogP contribution < -0.4 is 4.46 Å². The fourth-order valence-corrected chi connectivity index (χ4v) is 10.9. The fourth-order valence-electron chi connectivity index (χ4n) is 5.86. The van der Waals surface area contributed by atoms with E-state index in [1.54, 1.807) is 24.3 Å². The molecule has 1 saturated carbocycles. The number of carbonyl (C=O) groups excluding carboxylic acids is 2. The van der Waals surface area contributed by atoms with Gasteiger partial charge >= 0.3 is 238 Å². The summed E-state index contributed by atoms with van der Waals surface area (Å²) in [5.41, 5.74) is -0.505. The second-order valence-corrected chi connectivity index (χ2v) is 15.1. The van der Waals surface area contributed by atoms with Crippen molar-refractivity contribution >= 4 is 41.2 Å². The number of hydrogen-bond acceptors (Lipinski definition) is 6. The third-order valence-corrected chi connectivity index (χ3v) is 12.7. The van der Waals surface area contributed by atoms with Crippen LogP contribution in [0, 0.1) is 23.7 Å². The molecular formula is C31H34O6SSe. The third-order valence-electron chi connectivity index (χ3n) is 7.72. The van der Waals surface area contributed by atoms with Gasteiger partial charge in [-0.25, -0.2) is 0 Å². The van der Waals surface area contributed by atoms with Crippen molar-refractivity contribution in [3.8, 4) is 0 Å². The number of aryl methyl sites for hydroxylation is 1. The van der Waals surface area contributed by atoms with Gasteiger partial charge in [-0.05, 0) is 0 Å². The summed E-state index contributed by atoms with van der Waals surface area (Å²) < 4.78 is 39.1. The molecule has 0 aromatic heterocycles. The fraction of sp³-hybridized carbons (Fsp3) is 0.355. The Morgan fingerprint density at radius 1 is 0.897 bits per heavy atom. The Kier molecular flexibility index (Phi) is 8.69. The zero-order chi connectivity index (χ0) is 28.3. The summed E-state index contributed by atoms with van der Waals surface area (Å²) in [6, 6.07) is 26.8. The molecule has 0 radical (unpaired) electrons. The van der Waals surface area contributed by atoms with E-state index in [9.17, 15) is 18.0 Å². The average molecular weight is 614 g/mol. The summed E-state index contributed by atoms with van der Waals surface area (Å²) >= 11 is -0.121. The summed E-state index contributed by atoms with van der Waals surface area (Å²) in [6.07, 6.45) is 0.156. The van der Waals surface area contributed by atoms with Crippen LogP contribution in [0.5, 0.6) is 0 Å². The summed E-state index contributed by atoms with van der Waals surface area (Å²) in [6.45, 7) is 3.80. The van der Waals surface area contributed by atoms with Crippen molar-refractivity contribution in [2.45, 2.75) is 36.4 Å². The van der Waals surface area contributed by atoms with E-state index < -0.39 is 32.6 Å². The van der Waals surface area contributed by atoms with Gasteiger partial charge < -0.3 is 0 Å². The molecule has 3 aromatic rings. The predicted molar refractivity (Wildman–Crippen MR) is 152 cm³/mol. The first-order chi connectivity index (χ1) is 18.5. The van der Waals surface area contributed by atoms with Crippen molar-refractivity contribution in [2.24, 2.45) is 16.7 Å². The number of benzene rings is 3. The molecular weight excluding hydrogens is 579 g/mol. The normalized spacial score (nSPS) is 21.2. The van der Waals surface area contributed by atoms with Crippen LogP contribution in [0.4, 0.5) is 0 Å². The predicted octanol–water partition coefficient (Wildman–Crippen LogP) is 4.29. The first-order valence-corrected chi connectivity index (χ1v) is 16.3. The Balaban J connectivity index is 1.87. The summed E-state index contributed by atoms with van der Waals surface area (Å²) in [5.74, 6) is -1.90. The van der Waals surface area contributed by atoms with Gasteiger partial charge in [0.15, 0.2) is 0 Å². The van der Waals surface area contributed by atoms with Crippen molar-refractivity contribution in [2.75, 3.05) is 20.0 Å². The van der Waals surface area contributed by atoms with Crippen molar-refractivity contribution in [3.63, 3.8) is 0 Å². The van der Waals surface area contributed by atoms with Gasteiger partial charge in [0.2, 0.25) is 0 Å². The Morgan fingerprint density at radius 2 is 1.44 bits per heavy atom. The third kappa shape index (κ3) is 5.98. The Labute approximate surface area is 237 Å². The molecule has 0 aliphatic heterocycles. The van der Waals surface area contributed by atoms with Crippen molar-refractivity contribution < 1.29 is 27.5 Å². The van der Waals surface area contributed by atoms with Gasteiger partial charge in [-0.15, -0.1) is 0 Å². The maximum atomic E-state index is 13.8. The molecule has 1 aliphatic carbocycles. The first kappa shape index (κ1) is 29.1. The van der Waals surface area contributed by atoms with Gasteiger partial charge in [0.05, 0.1) is 0 Å². The molecule has 4 rings (SSSR count). The number of ether oxygens (including phenoxy) is 2. The molecule has 0 spiro atoms. The van der Waals surface area contributed by atoms with Crippen LogP contribution in [0.15, 0.2) is 89.8 Å². The zero-order valence-electron chi connectivity index (χ0n) is 22.6. The van der Waals surface area contributed by atoms with Gasteiger partial charge in [0, 0.05) is 0 Å². The molecule has 3 aromatic carbocycles. The number of esters is 2. The first-order valence-electron chi connectivity index (χ1n) is 12.8. The maximum absolute atomic E-state index is 13.8. The summed E-state index contributed by atoms with van der Waals surface area (Å²) in [4.78, 5) is 26.7. The monoisotopic (exact) mass is 614 g/mol. The van der Waals surface area contributed by atoms with Crippen LogP contribution >= 0.6 is 0 Å². The van der Waals surface area contributed by atoms with Crippen LogP contribution in [0.2, 0.25) is 0 Å². The molecule has 1 fully saturated rings. The Hall–Kier alpha value is -2.93. The van der Waals surface area contributed by atoms with Crippen LogP contribution in [0.25, 0.3) is 0 Å². The van der Waals surface area contributed by atoms with Gasteiger partial charge in [0.1, 0.15) is 0 Å². The molecule has 206 valence electrons. The van der Waals surface area contributed by atoms with Crippen molar-refractivity contribution in [1.82, 2.24) is 0 Å². The molecule has 0 saturated heterocycles. The summed E-state index contributed by atoms with van der Waals surface area (Å²) in [5, 5.41) is 0. The zero-order valence-corrected chi connectivity index (χ0v) is 25.2. The number of hydrogen-bond donors (Lipinski definition) is 0. The quantitative estimate of drug-likeness (QED) is 0.204. The van der Waals surface area contributed by atoms with Crippen LogP contribution in [0.3, 0.4) is 0 Å². The molecule has 3 unspecified atom stereocenters. The molecule has 1 aliphatic rings. The molecule has 0 bridgehead atoms. The molecule has 6 nitrogen and oxygen atoms in total. The molecule has 39 heavy (non-hydrogen) atoms. The van der Waals surface area contributed by atoms with Crippen LogP contribution in [0.1, 0.15) is 35.7 Å². The second kappa shape index (κ2) is 11.7. The second-order valence-electron chi connectivity index (χ2n) is 10.5. The number of rotatable bonds is 9. The topological polar surface area (TPSA) is 86.7 Å². The molecule has 0 amide bonds. The number of carbonyl (C=O) groups is 2. The van der Waals surface area contributed by atoms with Crippen molar-refractivity contribution in [3.05, 3.63) is 96.1 Å². The summed E-state index contributed by atoms with van der Waals surface area (Å²) in [7, 11) is -1.25. The van der Waals surface area contributed by atoms with Gasteiger partial charge in [0.25, 0.3) is 0 Å². The van der Waals surface area contributed by atoms with E-state index in [0.29, 0.717) is 0 Å². The molecule has 0 N–H and O–H groups in total. The van der Waals surface area contributed by atoms with E-state index in [0.717, 1.165) is 15.6 Å². The van der Waals surface area contributed by atoms with Crippen LogP contribution in [-0.4, -0.2) is 55.3 Å². The Bertz CT molecular complexity index is 1390. The SMILES string of the molecule is COC(=O)C1(C(=O)OC)CC(C([Se]c2ccccc2)c2ccccc2)C(C)(CS(=O)(=O)c2ccc(C)cc2)C1. The minimum atomic E-state index is -3.75. The number of sulfone groups is 1. The van der Waals surface area contributed by atoms with Crippen molar-refractivity contribution in [1.29, 1.82) is 0 Å². The van der Waals surface area contributed by atoms with E-state index in [-0.39, 0.29) is 49.2 Å². The van der Waals surface area contributed by atoms with E-state index in [1.807, 2.05) is 62.4 Å². The molecule has 8 heteroatoms. The van der Waals surface area contributed by atoms with Crippen LogP contribution in [-0.2, 0) is 28.9 Å². The average Bonchev–Trinajstić information content (AvgIpc) is 3.24. The number of methoxy groups -OCH3 is 2. The van der Waals surface area contributed by atoms with E-state index in [2.05, 4.69) is 12.1 Å². The van der Waals surface area contributed by atoms with E-state index in [4.69, 9.17) is 9.47 Å². The van der Waals surface area contributed by atoms with E-state index >= 15 is 0 Å². The standard InChI is InChI=1S/C31H34O6SSe/c1-22-15-17-24(18-16-22)38(34,35)21-30(2)20-31(28(32)36-3,29(33)37-4)19-26(30)27(23-11-7-5-8-12-23)39-25-13-9-6-10-14-25/h5-18,26-27H,19-21H2,1-4H3. The van der Waals surface area contributed by atoms with E-state index in [1.165, 1.54) is 14.2 Å². The minimum absolute atomic E-state index is 0.0172. The Morgan fingerprint density at radius 3 is 1.97 bits per heavy atom. The molecule has 0 heterocycles.